The average Bonchev–Trinajstić information content (AvgIpc) is 2.70. The molecule has 2 aromatic rings. The van der Waals surface area contributed by atoms with Crippen LogP contribution in [0.5, 0.6) is 28.7 Å². The van der Waals surface area contributed by atoms with E-state index in [1.54, 1.807) is 24.3 Å². The normalized spacial score (nSPS) is 10.5. The summed E-state index contributed by atoms with van der Waals surface area (Å²) >= 11 is 0. The Kier molecular flexibility index (Phi) is 7.71. The highest BCUT2D eigenvalue weighted by Crippen LogP contribution is 2.40. The van der Waals surface area contributed by atoms with Crippen LogP contribution in [0.2, 0.25) is 0 Å². The molecule has 0 radical (unpaired) electrons. The van der Waals surface area contributed by atoms with Crippen LogP contribution in [0, 0.1) is 0 Å². The molecule has 0 bridgehead atoms. The number of phenols is 1. The van der Waals surface area contributed by atoms with Crippen LogP contribution in [0.4, 0.5) is 0 Å². The Morgan fingerprint density at radius 2 is 1.72 bits per heavy atom. The van der Waals surface area contributed by atoms with Crippen molar-refractivity contribution >= 4 is 11.9 Å². The average molecular weight is 398 g/mol. The molecule has 0 aliphatic rings. The summed E-state index contributed by atoms with van der Waals surface area (Å²) < 4.78 is 21.5. The number of carbonyl (C=O) groups excluding carboxylic acids is 1. The first kappa shape index (κ1) is 21.9. The summed E-state index contributed by atoms with van der Waals surface area (Å²) in [6.07, 6.45) is 4.89. The van der Waals surface area contributed by atoms with Crippen LogP contribution in [0.3, 0.4) is 0 Å². The second kappa shape index (κ2) is 10.2. The molecular weight excluding hydrogens is 372 g/mol. The lowest BCUT2D eigenvalue weighted by Crippen LogP contribution is -1.99. The molecule has 0 heterocycles. The molecule has 29 heavy (non-hydrogen) atoms. The quantitative estimate of drug-likeness (QED) is 0.376. The van der Waals surface area contributed by atoms with Crippen LogP contribution in [0.1, 0.15) is 29.8 Å². The largest absolute Gasteiger partial charge is 0.507 e. The number of rotatable bonds is 9. The van der Waals surface area contributed by atoms with Crippen LogP contribution < -0.4 is 18.9 Å². The van der Waals surface area contributed by atoms with Gasteiger partial charge in [0.1, 0.15) is 18.1 Å². The fraction of sp³-hybridized carbons (Fsp3) is 0.261. The zero-order valence-corrected chi connectivity index (χ0v) is 17.3. The minimum absolute atomic E-state index is 0.145. The van der Waals surface area contributed by atoms with Crippen molar-refractivity contribution in [1.82, 2.24) is 0 Å². The van der Waals surface area contributed by atoms with Crippen LogP contribution in [0.25, 0.3) is 6.08 Å². The predicted molar refractivity (Wildman–Crippen MR) is 112 cm³/mol. The molecule has 154 valence electrons. The van der Waals surface area contributed by atoms with Crippen molar-refractivity contribution in [3.63, 3.8) is 0 Å². The van der Waals surface area contributed by atoms with E-state index in [1.807, 2.05) is 19.9 Å². The molecule has 0 aliphatic carbocycles. The molecule has 2 aromatic carbocycles. The summed E-state index contributed by atoms with van der Waals surface area (Å²) in [6.45, 7) is 4.35. The van der Waals surface area contributed by atoms with Crippen molar-refractivity contribution < 1.29 is 28.8 Å². The van der Waals surface area contributed by atoms with Gasteiger partial charge in [0, 0.05) is 11.6 Å². The number of carbonyl (C=O) groups is 1. The van der Waals surface area contributed by atoms with Crippen LogP contribution in [0.15, 0.2) is 48.1 Å². The third-order valence-electron chi connectivity index (χ3n) is 4.13. The highest BCUT2D eigenvalue weighted by atomic mass is 16.5. The molecule has 0 aromatic heterocycles. The number of benzene rings is 2. The SMILES string of the molecule is COc1ccc(/C=C/C(=O)c2ccc(OCC=C(C)C)cc2O)c(OC)c1OC. The lowest BCUT2D eigenvalue weighted by Gasteiger charge is -2.14. The van der Waals surface area contributed by atoms with E-state index in [-0.39, 0.29) is 17.1 Å². The van der Waals surface area contributed by atoms with Gasteiger partial charge in [-0.2, -0.15) is 0 Å². The Balaban J connectivity index is 2.22. The van der Waals surface area contributed by atoms with Gasteiger partial charge in [-0.1, -0.05) is 5.57 Å². The van der Waals surface area contributed by atoms with E-state index in [0.29, 0.717) is 35.2 Å². The second-order valence-electron chi connectivity index (χ2n) is 6.39. The number of methoxy groups -OCH3 is 3. The molecule has 0 aliphatic heterocycles. The van der Waals surface area contributed by atoms with Gasteiger partial charge in [-0.15, -0.1) is 0 Å². The summed E-state index contributed by atoms with van der Waals surface area (Å²) in [6, 6.07) is 8.09. The van der Waals surface area contributed by atoms with Gasteiger partial charge in [0.05, 0.1) is 26.9 Å². The molecule has 0 saturated carbocycles. The first-order chi connectivity index (χ1) is 13.9. The number of aromatic hydroxyl groups is 1. The van der Waals surface area contributed by atoms with Gasteiger partial charge < -0.3 is 24.1 Å². The van der Waals surface area contributed by atoms with E-state index in [0.717, 1.165) is 5.57 Å². The van der Waals surface area contributed by atoms with E-state index >= 15 is 0 Å². The second-order valence-corrected chi connectivity index (χ2v) is 6.39. The van der Waals surface area contributed by atoms with Gasteiger partial charge in [-0.05, 0) is 56.3 Å². The summed E-state index contributed by atoms with van der Waals surface area (Å²) in [5.41, 5.74) is 1.95. The Bertz CT molecular complexity index is 923. The summed E-state index contributed by atoms with van der Waals surface area (Å²) in [5.74, 6) is 1.40. The zero-order valence-electron chi connectivity index (χ0n) is 17.3. The van der Waals surface area contributed by atoms with E-state index in [2.05, 4.69) is 0 Å². The van der Waals surface area contributed by atoms with Crippen molar-refractivity contribution in [3.8, 4) is 28.7 Å². The van der Waals surface area contributed by atoms with Crippen molar-refractivity contribution in [2.75, 3.05) is 27.9 Å². The number of hydrogen-bond donors (Lipinski definition) is 1. The molecule has 0 spiro atoms. The minimum atomic E-state index is -0.352. The van der Waals surface area contributed by atoms with E-state index in [9.17, 15) is 9.90 Å². The molecule has 2 rings (SSSR count). The topological polar surface area (TPSA) is 74.2 Å². The van der Waals surface area contributed by atoms with Crippen molar-refractivity contribution in [3.05, 3.63) is 59.2 Å². The van der Waals surface area contributed by atoms with Gasteiger partial charge in [-0.25, -0.2) is 0 Å². The van der Waals surface area contributed by atoms with Gasteiger partial charge in [-0.3, -0.25) is 4.79 Å². The zero-order chi connectivity index (χ0) is 21.4. The number of ether oxygens (including phenoxy) is 4. The highest BCUT2D eigenvalue weighted by molar-refractivity contribution is 6.08. The van der Waals surface area contributed by atoms with Crippen molar-refractivity contribution in [2.45, 2.75) is 13.8 Å². The number of ketones is 1. The number of hydrogen-bond acceptors (Lipinski definition) is 6. The molecule has 0 amide bonds. The standard InChI is InChI=1S/C23H26O6/c1-15(2)12-13-29-17-8-9-18(20(25)14-17)19(24)10-6-16-7-11-21(26-3)23(28-5)22(16)27-4/h6-12,14,25H,13H2,1-5H3/b10-6+. The van der Waals surface area contributed by atoms with E-state index in [4.69, 9.17) is 18.9 Å². The van der Waals surface area contributed by atoms with Crippen LogP contribution >= 0.6 is 0 Å². The summed E-state index contributed by atoms with van der Waals surface area (Å²) in [5, 5.41) is 10.2. The van der Waals surface area contributed by atoms with Crippen molar-refractivity contribution in [2.24, 2.45) is 0 Å². The third kappa shape index (κ3) is 5.54. The molecule has 6 heteroatoms. The molecule has 0 saturated heterocycles. The Labute approximate surface area is 171 Å². The predicted octanol–water partition coefficient (Wildman–Crippen LogP) is 4.66. The van der Waals surface area contributed by atoms with E-state index in [1.165, 1.54) is 39.5 Å². The molecular formula is C23H26O6. The molecule has 0 atom stereocenters. The summed E-state index contributed by atoms with van der Waals surface area (Å²) in [4.78, 5) is 12.5. The fourth-order valence-corrected chi connectivity index (χ4v) is 2.63. The lowest BCUT2D eigenvalue weighted by molar-refractivity contribution is 0.104. The maximum atomic E-state index is 12.5. The maximum Gasteiger partial charge on any atom is 0.203 e. The van der Waals surface area contributed by atoms with Gasteiger partial charge >= 0.3 is 0 Å². The van der Waals surface area contributed by atoms with Gasteiger partial charge in [0.15, 0.2) is 17.3 Å². The molecule has 1 N–H and O–H groups in total. The number of phenolic OH excluding ortho intramolecular Hbond substituents is 1. The molecule has 0 unspecified atom stereocenters. The van der Waals surface area contributed by atoms with E-state index < -0.39 is 0 Å². The smallest absolute Gasteiger partial charge is 0.203 e. The van der Waals surface area contributed by atoms with Gasteiger partial charge in [0.25, 0.3) is 0 Å². The van der Waals surface area contributed by atoms with Crippen molar-refractivity contribution in [1.29, 1.82) is 0 Å². The Morgan fingerprint density at radius 3 is 2.31 bits per heavy atom. The third-order valence-corrected chi connectivity index (χ3v) is 4.13. The summed E-state index contributed by atoms with van der Waals surface area (Å²) in [7, 11) is 4.56. The molecule has 0 fully saturated rings. The Hall–Kier alpha value is -3.41. The highest BCUT2D eigenvalue weighted by Gasteiger charge is 2.15. The van der Waals surface area contributed by atoms with Crippen LogP contribution in [-0.4, -0.2) is 38.8 Å². The first-order valence-corrected chi connectivity index (χ1v) is 9.01. The first-order valence-electron chi connectivity index (χ1n) is 9.01. The Morgan fingerprint density at radius 1 is 1.00 bits per heavy atom. The fourth-order valence-electron chi connectivity index (χ4n) is 2.63. The van der Waals surface area contributed by atoms with Crippen LogP contribution in [-0.2, 0) is 0 Å². The number of allylic oxidation sites excluding steroid dienone is 2. The molecule has 6 nitrogen and oxygen atoms in total. The minimum Gasteiger partial charge on any atom is -0.507 e. The monoisotopic (exact) mass is 398 g/mol. The lowest BCUT2D eigenvalue weighted by atomic mass is 10.1. The maximum absolute atomic E-state index is 12.5. The van der Waals surface area contributed by atoms with Gasteiger partial charge in [0.2, 0.25) is 5.75 Å².